The van der Waals surface area contributed by atoms with Gasteiger partial charge in [0.05, 0.1) is 5.52 Å². The number of fused-ring (bicyclic) bond motifs is 3. The second-order valence-electron chi connectivity index (χ2n) is 7.82. The predicted molar refractivity (Wildman–Crippen MR) is 119 cm³/mol. The van der Waals surface area contributed by atoms with Gasteiger partial charge in [-0.05, 0) is 51.0 Å². The molecule has 0 radical (unpaired) electrons. The summed E-state index contributed by atoms with van der Waals surface area (Å²) in [6.07, 6.45) is 3.25. The minimum Gasteiger partial charge on any atom is -0.345 e. The highest BCUT2D eigenvalue weighted by atomic mass is 16.2. The predicted octanol–water partition coefficient (Wildman–Crippen LogP) is 4.79. The molecule has 0 fully saturated rings. The monoisotopic (exact) mass is 387 g/mol. The van der Waals surface area contributed by atoms with E-state index in [0.29, 0.717) is 6.04 Å². The number of nitrogens with zero attached hydrogens (tertiary/aromatic N) is 2. The Balaban J connectivity index is 1.79. The molecule has 0 saturated heterocycles. The smallest absolute Gasteiger partial charge is 0.244 e. The number of hydrogen-bond donors (Lipinski definition) is 1. The molecule has 2 aromatic carbocycles. The number of anilines is 1. The lowest BCUT2D eigenvalue weighted by Gasteiger charge is -2.16. The van der Waals surface area contributed by atoms with E-state index >= 15 is 0 Å². The van der Waals surface area contributed by atoms with Crippen LogP contribution in [0, 0.1) is 13.8 Å². The van der Waals surface area contributed by atoms with Gasteiger partial charge < -0.3 is 14.5 Å². The van der Waals surface area contributed by atoms with E-state index in [4.69, 9.17) is 0 Å². The molecule has 5 nitrogen and oxygen atoms in total. The summed E-state index contributed by atoms with van der Waals surface area (Å²) in [7, 11) is 0. The molecule has 4 rings (SSSR count). The van der Waals surface area contributed by atoms with Crippen molar-refractivity contribution in [3.8, 4) is 0 Å². The molecular weight excluding hydrogens is 362 g/mol. The topological polar surface area (TPSA) is 56.0 Å². The summed E-state index contributed by atoms with van der Waals surface area (Å²) in [6, 6.07) is 13.8. The fourth-order valence-corrected chi connectivity index (χ4v) is 4.16. The Bertz CT molecular complexity index is 1270. The molecule has 29 heavy (non-hydrogen) atoms. The molecule has 0 aliphatic carbocycles. The third kappa shape index (κ3) is 3.33. The van der Waals surface area contributed by atoms with Gasteiger partial charge in [0.15, 0.2) is 5.43 Å². The number of para-hydroxylation sites is 1. The molecular formula is C24H25N3O2. The lowest BCUT2D eigenvalue weighted by Crippen LogP contribution is -2.20. The highest BCUT2D eigenvalue weighted by Gasteiger charge is 2.18. The second kappa shape index (κ2) is 7.24. The first kappa shape index (κ1) is 19.0. The Morgan fingerprint density at radius 1 is 1.03 bits per heavy atom. The number of aryl methyl sites for hydroxylation is 2. The zero-order valence-electron chi connectivity index (χ0n) is 17.2. The Morgan fingerprint density at radius 3 is 2.41 bits per heavy atom. The standard InChI is InChI=1S/C24H25N3O2/c1-15(2)27-20-8-6-5-7-19(20)23-17(4)24(16(3)13-21(23)27)25-22(29)14-26-11-9-18(28)10-12-26/h5-13,15H,14H2,1-4H3,(H,25,29). The summed E-state index contributed by atoms with van der Waals surface area (Å²) in [4.78, 5) is 23.9. The molecule has 0 aliphatic heterocycles. The number of rotatable bonds is 4. The van der Waals surface area contributed by atoms with E-state index in [1.54, 1.807) is 17.0 Å². The van der Waals surface area contributed by atoms with Crippen molar-refractivity contribution in [1.82, 2.24) is 9.13 Å². The van der Waals surface area contributed by atoms with Crippen LogP contribution in [-0.4, -0.2) is 15.0 Å². The largest absolute Gasteiger partial charge is 0.345 e. The maximum Gasteiger partial charge on any atom is 0.244 e. The number of nitrogens with one attached hydrogen (secondary N) is 1. The maximum absolute atomic E-state index is 12.7. The summed E-state index contributed by atoms with van der Waals surface area (Å²) in [6.45, 7) is 8.64. The van der Waals surface area contributed by atoms with Gasteiger partial charge >= 0.3 is 0 Å². The lowest BCUT2D eigenvalue weighted by molar-refractivity contribution is -0.116. The van der Waals surface area contributed by atoms with Crippen molar-refractivity contribution < 1.29 is 4.79 Å². The average Bonchev–Trinajstić information content (AvgIpc) is 3.01. The van der Waals surface area contributed by atoms with E-state index in [9.17, 15) is 9.59 Å². The molecule has 1 amide bonds. The van der Waals surface area contributed by atoms with Gasteiger partial charge in [-0.1, -0.05) is 18.2 Å². The van der Waals surface area contributed by atoms with E-state index in [1.165, 1.54) is 33.9 Å². The fraction of sp³-hybridized carbons (Fsp3) is 0.250. The molecule has 4 aromatic rings. The van der Waals surface area contributed by atoms with Crippen molar-refractivity contribution in [3.05, 3.63) is 76.2 Å². The van der Waals surface area contributed by atoms with E-state index in [0.717, 1.165) is 16.8 Å². The minimum atomic E-state index is -0.119. The molecule has 0 aliphatic rings. The van der Waals surface area contributed by atoms with Crippen molar-refractivity contribution >= 4 is 33.4 Å². The van der Waals surface area contributed by atoms with E-state index in [2.05, 4.69) is 61.0 Å². The number of carbonyl (C=O) groups excluding carboxylic acids is 1. The van der Waals surface area contributed by atoms with Crippen molar-refractivity contribution in [2.45, 2.75) is 40.3 Å². The quantitative estimate of drug-likeness (QED) is 0.547. The zero-order chi connectivity index (χ0) is 20.7. The van der Waals surface area contributed by atoms with Crippen LogP contribution in [0.1, 0.15) is 31.0 Å². The van der Waals surface area contributed by atoms with Crippen LogP contribution in [0.4, 0.5) is 5.69 Å². The van der Waals surface area contributed by atoms with Gasteiger partial charge in [0.2, 0.25) is 5.91 Å². The summed E-state index contributed by atoms with van der Waals surface area (Å²) in [5, 5.41) is 5.47. The van der Waals surface area contributed by atoms with Gasteiger partial charge in [0, 0.05) is 52.5 Å². The van der Waals surface area contributed by atoms with Crippen molar-refractivity contribution in [2.24, 2.45) is 0 Å². The highest BCUT2D eigenvalue weighted by Crippen LogP contribution is 2.38. The highest BCUT2D eigenvalue weighted by molar-refractivity contribution is 6.12. The molecule has 0 atom stereocenters. The van der Waals surface area contributed by atoms with E-state index < -0.39 is 0 Å². The van der Waals surface area contributed by atoms with Crippen LogP contribution in [0.25, 0.3) is 21.8 Å². The van der Waals surface area contributed by atoms with Crippen LogP contribution in [0.2, 0.25) is 0 Å². The molecule has 5 heteroatoms. The third-order valence-electron chi connectivity index (χ3n) is 5.41. The lowest BCUT2D eigenvalue weighted by atomic mass is 10.0. The van der Waals surface area contributed by atoms with Crippen LogP contribution in [0.3, 0.4) is 0 Å². The number of benzene rings is 2. The second-order valence-corrected chi connectivity index (χ2v) is 7.82. The van der Waals surface area contributed by atoms with Gasteiger partial charge in [0.25, 0.3) is 0 Å². The summed E-state index contributed by atoms with van der Waals surface area (Å²) in [5.41, 5.74) is 5.29. The van der Waals surface area contributed by atoms with E-state index in [1.807, 2.05) is 6.92 Å². The van der Waals surface area contributed by atoms with Crippen LogP contribution < -0.4 is 10.7 Å². The van der Waals surface area contributed by atoms with Crippen LogP contribution in [0.5, 0.6) is 0 Å². The Kier molecular flexibility index (Phi) is 4.74. The molecule has 0 saturated carbocycles. The van der Waals surface area contributed by atoms with Gasteiger partial charge in [-0.2, -0.15) is 0 Å². The van der Waals surface area contributed by atoms with Crippen LogP contribution in [-0.2, 0) is 11.3 Å². The first-order valence-electron chi connectivity index (χ1n) is 9.85. The zero-order valence-corrected chi connectivity index (χ0v) is 17.2. The average molecular weight is 387 g/mol. The van der Waals surface area contributed by atoms with Gasteiger partial charge in [-0.15, -0.1) is 0 Å². The Morgan fingerprint density at radius 2 is 1.72 bits per heavy atom. The van der Waals surface area contributed by atoms with Crippen molar-refractivity contribution in [3.63, 3.8) is 0 Å². The number of amides is 1. The van der Waals surface area contributed by atoms with E-state index in [-0.39, 0.29) is 17.9 Å². The Hall–Kier alpha value is -3.34. The molecule has 2 aromatic heterocycles. The summed E-state index contributed by atoms with van der Waals surface area (Å²) < 4.78 is 4.06. The maximum atomic E-state index is 12.7. The summed E-state index contributed by atoms with van der Waals surface area (Å²) >= 11 is 0. The number of pyridine rings is 1. The molecule has 0 unspecified atom stereocenters. The van der Waals surface area contributed by atoms with Crippen LogP contribution in [0.15, 0.2) is 59.7 Å². The van der Waals surface area contributed by atoms with Gasteiger partial charge in [0.1, 0.15) is 6.54 Å². The molecule has 0 spiro atoms. The van der Waals surface area contributed by atoms with Crippen LogP contribution >= 0.6 is 0 Å². The first-order valence-corrected chi connectivity index (χ1v) is 9.85. The number of carbonyl (C=O) groups is 1. The van der Waals surface area contributed by atoms with Crippen molar-refractivity contribution in [2.75, 3.05) is 5.32 Å². The minimum absolute atomic E-state index is 0.0691. The number of aromatic nitrogens is 2. The molecule has 2 heterocycles. The molecule has 0 bridgehead atoms. The SMILES string of the molecule is Cc1cc2c(c(C)c1NC(=O)Cn1ccc(=O)cc1)c1ccccc1n2C(C)C. The number of hydrogen-bond acceptors (Lipinski definition) is 2. The fourth-order valence-electron chi connectivity index (χ4n) is 4.16. The molecule has 1 N–H and O–H groups in total. The van der Waals surface area contributed by atoms with Gasteiger partial charge in [-0.3, -0.25) is 9.59 Å². The first-order chi connectivity index (χ1) is 13.9. The third-order valence-corrected chi connectivity index (χ3v) is 5.41. The summed E-state index contributed by atoms with van der Waals surface area (Å²) in [5.74, 6) is -0.119. The normalized spacial score (nSPS) is 11.5. The Labute approximate surface area is 169 Å². The van der Waals surface area contributed by atoms with Crippen molar-refractivity contribution in [1.29, 1.82) is 0 Å². The molecule has 148 valence electrons. The van der Waals surface area contributed by atoms with Gasteiger partial charge in [-0.25, -0.2) is 0 Å².